The molecule has 56 valence electrons. The van der Waals surface area contributed by atoms with Gasteiger partial charge in [0.2, 0.25) is 0 Å². The summed E-state index contributed by atoms with van der Waals surface area (Å²) in [4.78, 5) is 8.40. The molecule has 0 saturated heterocycles. The summed E-state index contributed by atoms with van der Waals surface area (Å²) in [6, 6.07) is 0. The van der Waals surface area contributed by atoms with Gasteiger partial charge in [0.1, 0.15) is 5.84 Å². The second-order valence-corrected chi connectivity index (χ2v) is 2.25. The van der Waals surface area contributed by atoms with Crippen LogP contribution in [-0.2, 0) is 0 Å². The van der Waals surface area contributed by atoms with Crippen LogP contribution in [0.15, 0.2) is 9.98 Å². The third-order valence-corrected chi connectivity index (χ3v) is 1.39. The van der Waals surface area contributed by atoms with E-state index in [1.807, 2.05) is 13.3 Å². The van der Waals surface area contributed by atoms with Gasteiger partial charge >= 0.3 is 0 Å². The lowest BCUT2D eigenvalue weighted by atomic mass is 10.3. The van der Waals surface area contributed by atoms with Gasteiger partial charge in [0.25, 0.3) is 0 Å². The highest BCUT2D eigenvalue weighted by molar-refractivity contribution is 5.91. The molecule has 0 atom stereocenters. The Balaban J connectivity index is 2.26. The van der Waals surface area contributed by atoms with E-state index in [1.54, 1.807) is 0 Å². The minimum atomic E-state index is 0.919. The van der Waals surface area contributed by atoms with Crippen LogP contribution < -0.4 is 5.32 Å². The second-order valence-electron chi connectivity index (χ2n) is 2.25. The van der Waals surface area contributed by atoms with Gasteiger partial charge in [-0.05, 0) is 7.05 Å². The van der Waals surface area contributed by atoms with Crippen LogP contribution in [0.1, 0.15) is 12.8 Å². The Kier molecular flexibility index (Phi) is 3.09. The van der Waals surface area contributed by atoms with E-state index >= 15 is 0 Å². The maximum absolute atomic E-state index is 4.25. The van der Waals surface area contributed by atoms with Crippen molar-refractivity contribution < 1.29 is 0 Å². The Hall–Kier alpha value is -0.700. The summed E-state index contributed by atoms with van der Waals surface area (Å²) in [5, 5.41) is 3.06. The van der Waals surface area contributed by atoms with Crippen molar-refractivity contribution in [2.24, 2.45) is 9.98 Å². The van der Waals surface area contributed by atoms with Gasteiger partial charge < -0.3 is 5.32 Å². The molecule has 0 spiro atoms. The summed E-state index contributed by atoms with van der Waals surface area (Å²) in [5.41, 5.74) is 0. The number of aliphatic imine (C=N–C) groups is 2. The number of nitrogens with one attached hydrogen (secondary N) is 1. The highest BCUT2D eigenvalue weighted by Gasteiger charge is 1.97. The first-order chi connectivity index (χ1) is 4.93. The third kappa shape index (κ3) is 2.27. The lowest BCUT2D eigenvalue weighted by Gasteiger charge is -2.03. The molecule has 0 amide bonds. The molecule has 1 aliphatic rings. The van der Waals surface area contributed by atoms with E-state index in [9.17, 15) is 0 Å². The Labute approximate surface area is 61.3 Å². The van der Waals surface area contributed by atoms with Crippen molar-refractivity contribution in [3.05, 3.63) is 0 Å². The molecule has 0 bridgehead atoms. The molecule has 3 heteroatoms. The predicted molar refractivity (Wildman–Crippen MR) is 44.0 cm³/mol. The highest BCUT2D eigenvalue weighted by Crippen LogP contribution is 1.94. The van der Waals surface area contributed by atoms with Crippen molar-refractivity contribution in [1.82, 2.24) is 5.32 Å². The average Bonchev–Trinajstić information content (AvgIpc) is 2.03. The van der Waals surface area contributed by atoms with Crippen LogP contribution in [0.3, 0.4) is 0 Å². The molecular formula is C7H13N3. The summed E-state index contributed by atoms with van der Waals surface area (Å²) in [7, 11) is 1.94. The molecule has 0 fully saturated rings. The van der Waals surface area contributed by atoms with Crippen LogP contribution in [0, 0.1) is 0 Å². The molecular weight excluding hydrogens is 126 g/mol. The fourth-order valence-corrected chi connectivity index (χ4v) is 0.843. The maximum atomic E-state index is 4.25. The zero-order valence-electron chi connectivity index (χ0n) is 6.30. The molecule has 0 aromatic rings. The number of hydrogen-bond donors (Lipinski definition) is 1. The van der Waals surface area contributed by atoms with Gasteiger partial charge in [0.05, 0.1) is 0 Å². The Bertz CT molecular complexity index is 149. The average molecular weight is 139 g/mol. The molecule has 0 saturated carbocycles. The molecule has 0 aromatic heterocycles. The number of hydrogen-bond acceptors (Lipinski definition) is 3. The first-order valence-corrected chi connectivity index (χ1v) is 3.64. The van der Waals surface area contributed by atoms with Gasteiger partial charge in [-0.15, -0.1) is 0 Å². The largest absolute Gasteiger partial charge is 0.319 e. The molecule has 1 heterocycles. The van der Waals surface area contributed by atoms with Gasteiger partial charge in [0.15, 0.2) is 0 Å². The topological polar surface area (TPSA) is 36.8 Å². The Morgan fingerprint density at radius 1 is 1.70 bits per heavy atom. The van der Waals surface area contributed by atoms with Gasteiger partial charge in [-0.3, -0.25) is 4.99 Å². The van der Waals surface area contributed by atoms with Gasteiger partial charge in [-0.1, -0.05) is 0 Å². The van der Waals surface area contributed by atoms with Crippen LogP contribution in [0.25, 0.3) is 0 Å². The lowest BCUT2D eigenvalue weighted by Crippen LogP contribution is -2.13. The monoisotopic (exact) mass is 139 g/mol. The maximum Gasteiger partial charge on any atom is 0.124 e. The fourth-order valence-electron chi connectivity index (χ4n) is 0.843. The summed E-state index contributed by atoms with van der Waals surface area (Å²) in [6.45, 7) is 1.89. The molecule has 1 N–H and O–H groups in total. The van der Waals surface area contributed by atoms with Gasteiger partial charge in [0, 0.05) is 32.1 Å². The zero-order chi connectivity index (χ0) is 7.23. The van der Waals surface area contributed by atoms with Crippen LogP contribution in [-0.4, -0.2) is 32.2 Å². The van der Waals surface area contributed by atoms with Crippen LogP contribution in [0.4, 0.5) is 0 Å². The van der Waals surface area contributed by atoms with E-state index in [-0.39, 0.29) is 0 Å². The van der Waals surface area contributed by atoms with E-state index in [1.165, 1.54) is 0 Å². The second kappa shape index (κ2) is 4.17. The van der Waals surface area contributed by atoms with E-state index < -0.39 is 0 Å². The smallest absolute Gasteiger partial charge is 0.124 e. The van der Waals surface area contributed by atoms with Crippen molar-refractivity contribution >= 4 is 12.1 Å². The van der Waals surface area contributed by atoms with Gasteiger partial charge in [-0.2, -0.15) is 0 Å². The molecule has 10 heavy (non-hydrogen) atoms. The Morgan fingerprint density at radius 3 is 3.20 bits per heavy atom. The van der Waals surface area contributed by atoms with E-state index in [0.717, 1.165) is 31.8 Å². The van der Waals surface area contributed by atoms with Crippen molar-refractivity contribution in [1.29, 1.82) is 0 Å². The van der Waals surface area contributed by atoms with Gasteiger partial charge in [-0.25, -0.2) is 4.99 Å². The lowest BCUT2D eigenvalue weighted by molar-refractivity contribution is 0.815. The minimum Gasteiger partial charge on any atom is -0.319 e. The summed E-state index contributed by atoms with van der Waals surface area (Å²) in [6.07, 6.45) is 3.90. The minimum absolute atomic E-state index is 0.919. The van der Waals surface area contributed by atoms with Crippen molar-refractivity contribution in [2.45, 2.75) is 12.8 Å². The highest BCUT2D eigenvalue weighted by atomic mass is 14.9. The number of rotatable bonds is 3. The molecule has 0 aromatic carbocycles. The van der Waals surface area contributed by atoms with E-state index in [2.05, 4.69) is 15.3 Å². The zero-order valence-corrected chi connectivity index (χ0v) is 6.30. The third-order valence-electron chi connectivity index (χ3n) is 1.39. The first kappa shape index (κ1) is 7.41. The molecule has 3 nitrogen and oxygen atoms in total. The standard InChI is InChI=1S/C7H13N3/c1-8-6-3-7-9-4-2-5-10-7/h4,8H,2-3,5-6H2,1H3. The predicted octanol–water partition coefficient (Wildman–Crippen LogP) is 0.469. The molecule has 1 rings (SSSR count). The molecule has 0 radical (unpaired) electrons. The molecule has 0 unspecified atom stereocenters. The van der Waals surface area contributed by atoms with Crippen LogP contribution in [0.5, 0.6) is 0 Å². The summed E-state index contributed by atoms with van der Waals surface area (Å²) < 4.78 is 0. The normalized spacial score (nSPS) is 17.1. The van der Waals surface area contributed by atoms with Crippen molar-refractivity contribution in [2.75, 3.05) is 20.1 Å². The fraction of sp³-hybridized carbons (Fsp3) is 0.714. The Morgan fingerprint density at radius 2 is 2.60 bits per heavy atom. The van der Waals surface area contributed by atoms with Crippen molar-refractivity contribution in [3.8, 4) is 0 Å². The summed E-state index contributed by atoms with van der Waals surface area (Å²) >= 11 is 0. The molecule has 0 aliphatic carbocycles. The van der Waals surface area contributed by atoms with Crippen LogP contribution >= 0.6 is 0 Å². The van der Waals surface area contributed by atoms with Crippen molar-refractivity contribution in [3.63, 3.8) is 0 Å². The number of amidine groups is 1. The first-order valence-electron chi connectivity index (χ1n) is 3.64. The number of nitrogens with zero attached hydrogens (tertiary/aromatic N) is 2. The van der Waals surface area contributed by atoms with E-state index in [0.29, 0.717) is 0 Å². The SMILES string of the molecule is CNCCC1=NCCC=N1. The van der Waals surface area contributed by atoms with E-state index in [4.69, 9.17) is 0 Å². The molecule has 1 aliphatic heterocycles. The van der Waals surface area contributed by atoms with Crippen LogP contribution in [0.2, 0.25) is 0 Å². The summed E-state index contributed by atoms with van der Waals surface area (Å²) in [5.74, 6) is 0.987. The quantitative estimate of drug-likeness (QED) is 0.606.